The van der Waals surface area contributed by atoms with Crippen molar-refractivity contribution in [1.82, 2.24) is 10.0 Å². The number of hydrogen-bond acceptors (Lipinski definition) is 4. The molecular formula is C24H26N2O4. The molecule has 2 atom stereocenters. The summed E-state index contributed by atoms with van der Waals surface area (Å²) in [4.78, 5) is 18.0. The maximum atomic E-state index is 12.5. The van der Waals surface area contributed by atoms with Gasteiger partial charge in [-0.3, -0.25) is 4.79 Å². The highest BCUT2D eigenvalue weighted by molar-refractivity contribution is 5.86. The van der Waals surface area contributed by atoms with Crippen molar-refractivity contribution < 1.29 is 19.1 Å². The van der Waals surface area contributed by atoms with Crippen LogP contribution in [-0.4, -0.2) is 29.5 Å². The first-order chi connectivity index (χ1) is 14.7. The summed E-state index contributed by atoms with van der Waals surface area (Å²) in [6.07, 6.45) is 5.44. The standard InChI is InChI=1S/C24H26N2O4/c1-26-12-11-19-14-17(7-9-20(19)26)18-6-5-16-8-10-21(29-22(16)15-18)24(27)25-30-23-4-2-3-13-28-23/h5-7,9,11-12,14-15,21,23H,2-4,8,10,13H2,1H3,(H,25,27). The third-order valence-corrected chi connectivity index (χ3v) is 5.95. The van der Waals surface area contributed by atoms with Gasteiger partial charge in [-0.2, -0.15) is 0 Å². The molecule has 2 aliphatic rings. The van der Waals surface area contributed by atoms with E-state index in [4.69, 9.17) is 14.3 Å². The molecule has 1 fully saturated rings. The minimum atomic E-state index is -0.562. The quantitative estimate of drug-likeness (QED) is 0.663. The van der Waals surface area contributed by atoms with Crippen LogP contribution in [0.3, 0.4) is 0 Å². The van der Waals surface area contributed by atoms with E-state index in [0.717, 1.165) is 48.1 Å². The van der Waals surface area contributed by atoms with E-state index in [1.54, 1.807) is 0 Å². The van der Waals surface area contributed by atoms with Gasteiger partial charge in [-0.25, -0.2) is 10.3 Å². The van der Waals surface area contributed by atoms with E-state index in [2.05, 4.69) is 52.6 Å². The van der Waals surface area contributed by atoms with Crippen molar-refractivity contribution in [3.8, 4) is 16.9 Å². The second-order valence-corrected chi connectivity index (χ2v) is 8.05. The Morgan fingerprint density at radius 1 is 1.10 bits per heavy atom. The summed E-state index contributed by atoms with van der Waals surface area (Å²) in [6, 6.07) is 14.8. The Morgan fingerprint density at radius 3 is 2.83 bits per heavy atom. The van der Waals surface area contributed by atoms with Gasteiger partial charge in [0.2, 0.25) is 0 Å². The lowest BCUT2D eigenvalue weighted by Gasteiger charge is -2.27. The molecule has 3 aromatic rings. The monoisotopic (exact) mass is 406 g/mol. The number of aryl methyl sites for hydroxylation is 2. The van der Waals surface area contributed by atoms with Crippen LogP contribution in [0.4, 0.5) is 0 Å². The zero-order chi connectivity index (χ0) is 20.5. The van der Waals surface area contributed by atoms with Gasteiger partial charge in [-0.15, -0.1) is 0 Å². The van der Waals surface area contributed by atoms with Crippen LogP contribution >= 0.6 is 0 Å². The summed E-state index contributed by atoms with van der Waals surface area (Å²) in [5.74, 6) is 0.506. The summed E-state index contributed by atoms with van der Waals surface area (Å²) in [6.45, 7) is 0.672. The number of hydroxylamine groups is 1. The molecule has 2 aliphatic heterocycles. The molecule has 6 heteroatoms. The van der Waals surface area contributed by atoms with Gasteiger partial charge in [0.15, 0.2) is 12.4 Å². The van der Waals surface area contributed by atoms with E-state index in [1.165, 1.54) is 10.9 Å². The molecule has 2 unspecified atom stereocenters. The smallest absolute Gasteiger partial charge is 0.284 e. The lowest BCUT2D eigenvalue weighted by atomic mass is 9.97. The summed E-state index contributed by atoms with van der Waals surface area (Å²) in [7, 11) is 2.05. The van der Waals surface area contributed by atoms with E-state index in [9.17, 15) is 4.79 Å². The minimum Gasteiger partial charge on any atom is -0.480 e. The summed E-state index contributed by atoms with van der Waals surface area (Å²) >= 11 is 0. The Hall–Kier alpha value is -2.83. The van der Waals surface area contributed by atoms with Crippen LogP contribution in [0.2, 0.25) is 0 Å². The maximum Gasteiger partial charge on any atom is 0.284 e. The van der Waals surface area contributed by atoms with Crippen molar-refractivity contribution in [2.45, 2.75) is 44.5 Å². The molecule has 0 radical (unpaired) electrons. The fourth-order valence-corrected chi connectivity index (χ4v) is 4.19. The number of nitrogens with one attached hydrogen (secondary N) is 1. The number of ether oxygens (including phenoxy) is 2. The van der Waals surface area contributed by atoms with Gasteiger partial charge < -0.3 is 14.0 Å². The number of aromatic nitrogens is 1. The molecule has 1 N–H and O–H groups in total. The molecule has 0 aliphatic carbocycles. The highest BCUT2D eigenvalue weighted by Gasteiger charge is 2.27. The van der Waals surface area contributed by atoms with Crippen LogP contribution in [0.1, 0.15) is 31.2 Å². The summed E-state index contributed by atoms with van der Waals surface area (Å²) < 4.78 is 13.6. The molecule has 0 spiro atoms. The van der Waals surface area contributed by atoms with E-state index in [-0.39, 0.29) is 12.2 Å². The zero-order valence-electron chi connectivity index (χ0n) is 17.1. The van der Waals surface area contributed by atoms with E-state index in [0.29, 0.717) is 13.0 Å². The number of nitrogens with zero attached hydrogens (tertiary/aromatic N) is 1. The molecule has 156 valence electrons. The molecule has 3 heterocycles. The number of rotatable bonds is 4. The first kappa shape index (κ1) is 19.2. The van der Waals surface area contributed by atoms with E-state index < -0.39 is 6.10 Å². The van der Waals surface area contributed by atoms with E-state index in [1.807, 2.05) is 13.1 Å². The number of fused-ring (bicyclic) bond motifs is 2. The Balaban J connectivity index is 1.29. The Kier molecular flexibility index (Phi) is 5.19. The molecule has 6 nitrogen and oxygen atoms in total. The average Bonchev–Trinajstić information content (AvgIpc) is 3.17. The third kappa shape index (κ3) is 3.80. The summed E-state index contributed by atoms with van der Waals surface area (Å²) in [5, 5.41) is 1.20. The normalized spacial score (nSPS) is 21.1. The van der Waals surface area contributed by atoms with Gasteiger partial charge in [0.05, 0.1) is 0 Å². The molecule has 2 aromatic carbocycles. The molecule has 0 bridgehead atoms. The van der Waals surface area contributed by atoms with Gasteiger partial charge in [0.25, 0.3) is 5.91 Å². The molecule has 1 aromatic heterocycles. The van der Waals surface area contributed by atoms with Crippen LogP contribution in [0.15, 0.2) is 48.7 Å². The van der Waals surface area contributed by atoms with Crippen LogP contribution in [0, 0.1) is 0 Å². The topological polar surface area (TPSA) is 61.7 Å². The van der Waals surface area contributed by atoms with E-state index >= 15 is 0 Å². The second-order valence-electron chi connectivity index (χ2n) is 8.05. The van der Waals surface area contributed by atoms with Gasteiger partial charge in [-0.1, -0.05) is 18.2 Å². The van der Waals surface area contributed by atoms with Crippen molar-refractivity contribution in [3.05, 3.63) is 54.2 Å². The van der Waals surface area contributed by atoms with Gasteiger partial charge in [0.1, 0.15) is 5.75 Å². The predicted octanol–water partition coefficient (Wildman–Crippen LogP) is 4.11. The van der Waals surface area contributed by atoms with Gasteiger partial charge in [-0.05, 0) is 66.6 Å². The minimum absolute atomic E-state index is 0.258. The number of carbonyl (C=O) groups excluding carboxylic acids is 1. The van der Waals surface area contributed by atoms with Gasteiger partial charge >= 0.3 is 0 Å². The highest BCUT2D eigenvalue weighted by atomic mass is 16.8. The Labute approximate surface area is 175 Å². The Bertz CT molecular complexity index is 1070. The van der Waals surface area contributed by atoms with Crippen LogP contribution in [0.25, 0.3) is 22.0 Å². The molecule has 0 saturated carbocycles. The van der Waals surface area contributed by atoms with Crippen molar-refractivity contribution in [2.75, 3.05) is 6.61 Å². The van der Waals surface area contributed by atoms with Crippen LogP contribution in [-0.2, 0) is 27.8 Å². The van der Waals surface area contributed by atoms with Gasteiger partial charge in [0, 0.05) is 37.2 Å². The maximum absolute atomic E-state index is 12.5. The van der Waals surface area contributed by atoms with Crippen LogP contribution in [0.5, 0.6) is 5.75 Å². The largest absolute Gasteiger partial charge is 0.480 e. The highest BCUT2D eigenvalue weighted by Crippen LogP contribution is 2.33. The third-order valence-electron chi connectivity index (χ3n) is 5.95. The van der Waals surface area contributed by atoms with Crippen molar-refractivity contribution in [2.24, 2.45) is 7.05 Å². The first-order valence-corrected chi connectivity index (χ1v) is 10.6. The Morgan fingerprint density at radius 2 is 1.97 bits per heavy atom. The average molecular weight is 406 g/mol. The number of amides is 1. The van der Waals surface area contributed by atoms with Crippen LogP contribution < -0.4 is 10.2 Å². The lowest BCUT2D eigenvalue weighted by molar-refractivity contribution is -0.203. The van der Waals surface area contributed by atoms with Crippen molar-refractivity contribution in [1.29, 1.82) is 0 Å². The van der Waals surface area contributed by atoms with Crippen molar-refractivity contribution >= 4 is 16.8 Å². The fourth-order valence-electron chi connectivity index (χ4n) is 4.19. The number of benzene rings is 2. The summed E-state index contributed by atoms with van der Waals surface area (Å²) in [5.41, 5.74) is 7.06. The zero-order valence-corrected chi connectivity index (χ0v) is 17.1. The number of carbonyl (C=O) groups is 1. The number of hydrogen-bond donors (Lipinski definition) is 1. The molecule has 30 heavy (non-hydrogen) atoms. The molecule has 1 amide bonds. The molecule has 5 rings (SSSR count). The van der Waals surface area contributed by atoms with Crippen molar-refractivity contribution in [3.63, 3.8) is 0 Å². The molecular weight excluding hydrogens is 380 g/mol. The lowest BCUT2D eigenvalue weighted by Crippen LogP contribution is -2.42. The fraction of sp³-hybridized carbons (Fsp3) is 0.375. The second kappa shape index (κ2) is 8.13. The predicted molar refractivity (Wildman–Crippen MR) is 114 cm³/mol. The molecule has 1 saturated heterocycles. The first-order valence-electron chi connectivity index (χ1n) is 10.6. The SMILES string of the molecule is Cn1ccc2cc(-c3ccc4c(c3)OC(C(=O)NOC3CCCCO3)CC4)ccc21.